The van der Waals surface area contributed by atoms with Crippen molar-refractivity contribution in [1.82, 2.24) is 31.9 Å². The van der Waals surface area contributed by atoms with Crippen molar-refractivity contribution in [3.05, 3.63) is 0 Å². The van der Waals surface area contributed by atoms with E-state index in [2.05, 4.69) is 41.9 Å². The van der Waals surface area contributed by atoms with E-state index in [4.69, 9.17) is 40.1 Å². The molecule has 0 bridgehead atoms. The van der Waals surface area contributed by atoms with E-state index >= 15 is 0 Å². The maximum Gasteiger partial charge on any atom is 0.326 e. The van der Waals surface area contributed by atoms with Crippen molar-refractivity contribution in [3.63, 3.8) is 0 Å². The van der Waals surface area contributed by atoms with Crippen molar-refractivity contribution in [1.29, 1.82) is 0 Å². The summed E-state index contributed by atoms with van der Waals surface area (Å²) in [5, 5.41) is 33.9. The molecule has 0 unspecified atom stereocenters. The number of guanidine groups is 2. The van der Waals surface area contributed by atoms with Gasteiger partial charge in [0, 0.05) is 25.9 Å². The molecule has 26 heteroatoms. The third-order valence-electron chi connectivity index (χ3n) is 9.13. The maximum absolute atomic E-state index is 13.8. The lowest BCUT2D eigenvalue weighted by Crippen LogP contribution is -2.59. The summed E-state index contributed by atoms with van der Waals surface area (Å²) in [6, 6.07) is -9.26. The van der Waals surface area contributed by atoms with Crippen LogP contribution in [0.1, 0.15) is 97.8 Å². The molecule has 0 aliphatic carbocycles. The minimum absolute atomic E-state index is 0.00825. The van der Waals surface area contributed by atoms with E-state index in [0.29, 0.717) is 12.8 Å². The number of hydrogen-bond acceptors (Lipinski definition) is 13. The first-order chi connectivity index (χ1) is 29.5. The summed E-state index contributed by atoms with van der Waals surface area (Å²) in [5.74, 6) is -9.07. The molecule has 7 atom stereocenters. The number of primary amides is 1. The smallest absolute Gasteiger partial charge is 0.326 e. The highest BCUT2D eigenvalue weighted by Gasteiger charge is 2.33. The Balaban J connectivity index is 6.23. The molecule has 0 aliphatic heterocycles. The minimum atomic E-state index is -1.53. The van der Waals surface area contributed by atoms with E-state index < -0.39 is 108 Å². The molecule has 0 saturated carbocycles. The van der Waals surface area contributed by atoms with Gasteiger partial charge >= 0.3 is 11.9 Å². The molecular weight excluding hydrogens is 831 g/mol. The molecule has 22 N–H and O–H groups in total. The largest absolute Gasteiger partial charge is 0.481 e. The van der Waals surface area contributed by atoms with E-state index in [-0.39, 0.29) is 88.8 Å². The van der Waals surface area contributed by atoms with E-state index in [1.165, 1.54) is 6.92 Å². The van der Waals surface area contributed by atoms with Crippen LogP contribution in [0.2, 0.25) is 0 Å². The van der Waals surface area contributed by atoms with E-state index in [1.807, 2.05) is 0 Å². The molecule has 358 valence electrons. The monoisotopic (exact) mass is 900 g/mol. The van der Waals surface area contributed by atoms with Crippen molar-refractivity contribution in [2.45, 2.75) is 140 Å². The lowest BCUT2D eigenvalue weighted by atomic mass is 10.0. The second kappa shape index (κ2) is 30.7. The molecule has 0 radical (unpaired) electrons. The van der Waals surface area contributed by atoms with Gasteiger partial charge in [-0.25, -0.2) is 4.79 Å². The molecule has 0 heterocycles. The van der Waals surface area contributed by atoms with Gasteiger partial charge in [-0.2, -0.15) is 0 Å². The predicted octanol–water partition coefficient (Wildman–Crippen LogP) is -5.26. The number of nitrogens with one attached hydrogen (secondary N) is 6. The standard InChI is InChI=1S/C37H69N15O11/c1-19(2)18-26(34(61)50-24(12-14-28(54)55)33(60)51-25(35(62)63)10-7-17-46-37(43)44)52-32(59)22(8-4-5-15-38)48-29(56)20(3)47-31(58)23(9-6-16-45-36(41)42)49-30(57)21(39)11-13-27(40)53/h19-26H,4-18,38-39H2,1-3H3,(H2,40,53)(H,47,58)(H,48,56)(H,49,57)(H,50,61)(H,51,60)(H,52,59)(H,54,55)(H,62,63)(H4,41,42,45)(H4,43,44,46)/t20-,21-,22-,23-,24-,25-,26-/m0/s1. The summed E-state index contributed by atoms with van der Waals surface area (Å²) in [4.78, 5) is 123. The number of carboxylic acid groups (broad SMARTS) is 2. The van der Waals surface area contributed by atoms with Crippen LogP contribution >= 0.6 is 0 Å². The second-order valence-electron chi connectivity index (χ2n) is 15.2. The third-order valence-corrected chi connectivity index (χ3v) is 9.13. The van der Waals surface area contributed by atoms with Gasteiger partial charge in [0.15, 0.2) is 11.9 Å². The Morgan fingerprint density at radius 1 is 0.508 bits per heavy atom. The Labute approximate surface area is 365 Å². The predicted molar refractivity (Wildman–Crippen MR) is 230 cm³/mol. The zero-order valence-corrected chi connectivity index (χ0v) is 36.2. The van der Waals surface area contributed by atoms with Gasteiger partial charge in [-0.05, 0) is 83.6 Å². The first-order valence-corrected chi connectivity index (χ1v) is 20.6. The number of carbonyl (C=O) groups is 9. The molecule has 63 heavy (non-hydrogen) atoms. The molecule has 0 spiro atoms. The summed E-state index contributed by atoms with van der Waals surface area (Å²) >= 11 is 0. The Morgan fingerprint density at radius 2 is 0.937 bits per heavy atom. The number of nitrogens with zero attached hydrogens (tertiary/aromatic N) is 2. The number of aliphatic imine (C=N–C) groups is 2. The highest BCUT2D eigenvalue weighted by Crippen LogP contribution is 2.11. The first-order valence-electron chi connectivity index (χ1n) is 20.6. The van der Waals surface area contributed by atoms with Crippen LogP contribution in [0.4, 0.5) is 0 Å². The van der Waals surface area contributed by atoms with Crippen LogP contribution < -0.4 is 72.0 Å². The van der Waals surface area contributed by atoms with Gasteiger partial charge in [-0.15, -0.1) is 0 Å². The molecule has 0 aromatic rings. The van der Waals surface area contributed by atoms with Gasteiger partial charge in [0.2, 0.25) is 41.4 Å². The van der Waals surface area contributed by atoms with Crippen molar-refractivity contribution in [2.75, 3.05) is 19.6 Å². The van der Waals surface area contributed by atoms with Crippen molar-refractivity contribution < 1.29 is 53.4 Å². The quantitative estimate of drug-likeness (QED) is 0.0166. The Kier molecular flexibility index (Phi) is 27.6. The zero-order chi connectivity index (χ0) is 48.2. The number of rotatable bonds is 33. The number of hydrogen-bond donors (Lipinski definition) is 15. The average molecular weight is 900 g/mol. The first kappa shape index (κ1) is 56.7. The molecule has 0 fully saturated rings. The fourth-order valence-corrected chi connectivity index (χ4v) is 5.74. The number of aliphatic carboxylic acids is 2. The number of unbranched alkanes of at least 4 members (excludes halogenated alkanes) is 1. The van der Waals surface area contributed by atoms with Crippen LogP contribution in [-0.2, 0) is 43.2 Å². The molecule has 26 nitrogen and oxygen atoms in total. The topological polar surface area (TPSA) is 473 Å². The van der Waals surface area contributed by atoms with Gasteiger partial charge < -0.3 is 82.2 Å². The highest BCUT2D eigenvalue weighted by atomic mass is 16.4. The van der Waals surface area contributed by atoms with Crippen LogP contribution in [0, 0.1) is 5.92 Å². The normalized spacial score (nSPS) is 14.2. The lowest BCUT2D eigenvalue weighted by molar-refractivity contribution is -0.143. The molecule has 0 saturated heterocycles. The van der Waals surface area contributed by atoms with Crippen LogP contribution in [0.25, 0.3) is 0 Å². The van der Waals surface area contributed by atoms with Crippen LogP contribution in [-0.4, -0.2) is 137 Å². The number of nitrogens with two attached hydrogens (primary N) is 7. The van der Waals surface area contributed by atoms with E-state index in [1.54, 1.807) is 13.8 Å². The van der Waals surface area contributed by atoms with Gasteiger partial charge in [0.25, 0.3) is 0 Å². The minimum Gasteiger partial charge on any atom is -0.481 e. The zero-order valence-electron chi connectivity index (χ0n) is 36.2. The summed E-state index contributed by atoms with van der Waals surface area (Å²) in [7, 11) is 0. The SMILES string of the molecule is CC(C)C[C@H](NC(=O)[C@H](CCCCN)NC(=O)[C@H](C)NC(=O)[C@H](CCCN=C(N)N)NC(=O)[C@@H](N)CCC(N)=O)C(=O)N[C@@H](CCC(=O)O)C(=O)N[C@@H](CCCN=C(N)N)C(=O)O. The highest BCUT2D eigenvalue weighted by molar-refractivity contribution is 5.97. The van der Waals surface area contributed by atoms with Gasteiger partial charge in [0.1, 0.15) is 36.3 Å². The Hall–Kier alpha value is -6.31. The number of carboxylic acids is 2. The van der Waals surface area contributed by atoms with E-state index in [0.717, 1.165) is 0 Å². The van der Waals surface area contributed by atoms with Crippen LogP contribution in [0.3, 0.4) is 0 Å². The molecule has 0 aliphatic rings. The molecular formula is C37H69N15O11. The molecule has 0 aromatic carbocycles. The molecule has 7 amide bonds. The molecule has 0 aromatic heterocycles. The van der Waals surface area contributed by atoms with Gasteiger partial charge in [-0.1, -0.05) is 13.8 Å². The van der Waals surface area contributed by atoms with Gasteiger partial charge in [0.05, 0.1) is 6.04 Å². The summed E-state index contributed by atoms with van der Waals surface area (Å²) < 4.78 is 0. The third kappa shape index (κ3) is 25.9. The summed E-state index contributed by atoms with van der Waals surface area (Å²) in [5.41, 5.74) is 38.0. The Bertz CT molecular complexity index is 1600. The van der Waals surface area contributed by atoms with Crippen LogP contribution in [0.15, 0.2) is 9.98 Å². The number of carbonyl (C=O) groups excluding carboxylic acids is 7. The number of amides is 7. The van der Waals surface area contributed by atoms with E-state index in [9.17, 15) is 53.4 Å². The van der Waals surface area contributed by atoms with Crippen molar-refractivity contribution >= 4 is 65.2 Å². The fourth-order valence-electron chi connectivity index (χ4n) is 5.74. The Morgan fingerprint density at radius 3 is 1.41 bits per heavy atom. The van der Waals surface area contributed by atoms with Gasteiger partial charge in [-0.3, -0.25) is 48.3 Å². The summed E-state index contributed by atoms with van der Waals surface area (Å²) in [6.07, 6.45) is -0.127. The maximum atomic E-state index is 13.8. The average Bonchev–Trinajstić information content (AvgIpc) is 3.18. The van der Waals surface area contributed by atoms with Crippen LogP contribution in [0.5, 0.6) is 0 Å². The molecule has 0 rings (SSSR count). The lowest BCUT2D eigenvalue weighted by Gasteiger charge is -2.27. The second-order valence-corrected chi connectivity index (χ2v) is 15.2. The summed E-state index contributed by atoms with van der Waals surface area (Å²) in [6.45, 7) is 5.25. The van der Waals surface area contributed by atoms with Crippen molar-refractivity contribution in [2.24, 2.45) is 56.0 Å². The van der Waals surface area contributed by atoms with Crippen molar-refractivity contribution in [3.8, 4) is 0 Å². The fraction of sp³-hybridized carbons (Fsp3) is 0.703.